The number of hydrogen-bond acceptors (Lipinski definition) is 6. The molecule has 1 N–H and O–H groups in total. The largest absolute Gasteiger partial charge is 0.467 e. The fourth-order valence-electron chi connectivity index (χ4n) is 2.69. The molecule has 2 rings (SSSR count). The summed E-state index contributed by atoms with van der Waals surface area (Å²) in [5.74, 6) is -0.354. The first kappa shape index (κ1) is 20.4. The topological polar surface area (TPSA) is 102 Å². The molecule has 0 spiro atoms. The standard InChI is InChI=1S/C19H25N3O5/c1-5-10-22(18(25)20-15(11-12(2)3)17(24)26-4)19-21-14-9-7-6-8-13(14)16(23)27-19/h6-9,12,15H,5,10-11H2,1-4H3,(H,20,25). The van der Waals surface area contributed by atoms with Gasteiger partial charge in [-0.05, 0) is 30.9 Å². The highest BCUT2D eigenvalue weighted by Gasteiger charge is 2.27. The fraction of sp³-hybridized carbons (Fsp3) is 0.474. The van der Waals surface area contributed by atoms with Gasteiger partial charge in [-0.25, -0.2) is 19.3 Å². The Bertz CT molecular complexity index is 862. The van der Waals surface area contributed by atoms with Crippen LogP contribution < -0.4 is 15.8 Å². The van der Waals surface area contributed by atoms with Crippen molar-refractivity contribution in [2.45, 2.75) is 39.7 Å². The number of carbonyl (C=O) groups excluding carboxylic acids is 2. The lowest BCUT2D eigenvalue weighted by Gasteiger charge is -2.24. The number of carbonyl (C=O) groups is 2. The normalized spacial score (nSPS) is 12.0. The summed E-state index contributed by atoms with van der Waals surface area (Å²) in [4.78, 5) is 42.5. The molecule has 0 aliphatic carbocycles. The van der Waals surface area contributed by atoms with E-state index in [1.165, 1.54) is 12.0 Å². The minimum absolute atomic E-state index is 0.105. The lowest BCUT2D eigenvalue weighted by atomic mass is 10.0. The molecule has 1 heterocycles. The average molecular weight is 375 g/mol. The number of aromatic nitrogens is 1. The summed E-state index contributed by atoms with van der Waals surface area (Å²) in [6.45, 7) is 6.03. The average Bonchev–Trinajstić information content (AvgIpc) is 2.64. The van der Waals surface area contributed by atoms with Gasteiger partial charge in [-0.1, -0.05) is 32.9 Å². The number of nitrogens with one attached hydrogen (secondary N) is 1. The van der Waals surface area contributed by atoms with Gasteiger partial charge in [0.05, 0.1) is 18.0 Å². The van der Waals surface area contributed by atoms with Crippen molar-refractivity contribution in [1.82, 2.24) is 10.3 Å². The third-order valence-electron chi connectivity index (χ3n) is 3.94. The van der Waals surface area contributed by atoms with E-state index in [1.807, 2.05) is 20.8 Å². The molecule has 146 valence electrons. The number of anilines is 1. The van der Waals surface area contributed by atoms with Gasteiger partial charge in [-0.2, -0.15) is 4.98 Å². The molecule has 0 fully saturated rings. The molecule has 2 aromatic rings. The van der Waals surface area contributed by atoms with Gasteiger partial charge in [0.25, 0.3) is 0 Å². The van der Waals surface area contributed by atoms with Gasteiger partial charge < -0.3 is 14.5 Å². The Morgan fingerprint density at radius 1 is 1.30 bits per heavy atom. The maximum Gasteiger partial charge on any atom is 0.348 e. The van der Waals surface area contributed by atoms with Crippen LogP contribution in [-0.4, -0.2) is 36.7 Å². The Morgan fingerprint density at radius 3 is 2.63 bits per heavy atom. The molecule has 8 nitrogen and oxygen atoms in total. The number of nitrogens with zero attached hydrogens (tertiary/aromatic N) is 2. The second kappa shape index (κ2) is 9.16. The van der Waals surface area contributed by atoms with Gasteiger partial charge >= 0.3 is 23.6 Å². The van der Waals surface area contributed by atoms with E-state index in [-0.39, 0.29) is 18.5 Å². The monoisotopic (exact) mass is 375 g/mol. The van der Waals surface area contributed by atoms with E-state index in [4.69, 9.17) is 9.15 Å². The van der Waals surface area contributed by atoms with E-state index in [0.29, 0.717) is 23.7 Å². The number of fused-ring (bicyclic) bond motifs is 1. The quantitative estimate of drug-likeness (QED) is 0.747. The number of benzene rings is 1. The lowest BCUT2D eigenvalue weighted by molar-refractivity contribution is -0.143. The van der Waals surface area contributed by atoms with E-state index < -0.39 is 23.7 Å². The Morgan fingerprint density at radius 2 is 2.00 bits per heavy atom. The maximum absolute atomic E-state index is 12.8. The molecule has 0 aliphatic heterocycles. The molecule has 8 heteroatoms. The molecule has 1 atom stereocenters. The summed E-state index contributed by atoms with van der Waals surface area (Å²) in [7, 11) is 1.27. The first-order valence-corrected chi connectivity index (χ1v) is 8.93. The molecular weight excluding hydrogens is 350 g/mol. The second-order valence-electron chi connectivity index (χ2n) is 6.61. The summed E-state index contributed by atoms with van der Waals surface area (Å²) in [5.41, 5.74) is -0.138. The molecule has 1 aromatic carbocycles. The van der Waals surface area contributed by atoms with Crippen molar-refractivity contribution in [3.05, 3.63) is 34.7 Å². The zero-order chi connectivity index (χ0) is 20.0. The Balaban J connectivity index is 2.34. The Hall–Kier alpha value is -2.90. The summed E-state index contributed by atoms with van der Waals surface area (Å²) in [6, 6.07) is 5.27. The van der Waals surface area contributed by atoms with Gasteiger partial charge in [0.15, 0.2) is 0 Å². The number of esters is 1. The minimum Gasteiger partial charge on any atom is -0.467 e. The molecule has 0 bridgehead atoms. The van der Waals surface area contributed by atoms with Crippen LogP contribution in [0.15, 0.2) is 33.5 Å². The van der Waals surface area contributed by atoms with E-state index in [2.05, 4.69) is 10.3 Å². The van der Waals surface area contributed by atoms with Gasteiger partial charge in [-0.15, -0.1) is 0 Å². The van der Waals surface area contributed by atoms with Crippen molar-refractivity contribution in [3.63, 3.8) is 0 Å². The number of para-hydroxylation sites is 1. The van der Waals surface area contributed by atoms with Gasteiger partial charge in [0, 0.05) is 6.54 Å². The van der Waals surface area contributed by atoms with E-state index in [9.17, 15) is 14.4 Å². The van der Waals surface area contributed by atoms with Crippen molar-refractivity contribution in [1.29, 1.82) is 0 Å². The number of rotatable bonds is 7. The number of urea groups is 1. The Kier molecular flexibility index (Phi) is 6.92. The van der Waals surface area contributed by atoms with Gasteiger partial charge in [0.1, 0.15) is 6.04 Å². The SMILES string of the molecule is CCCN(C(=O)NC(CC(C)C)C(=O)OC)c1nc2ccccc2c(=O)o1. The second-order valence-corrected chi connectivity index (χ2v) is 6.61. The van der Waals surface area contributed by atoms with Crippen LogP contribution in [0.2, 0.25) is 0 Å². The smallest absolute Gasteiger partial charge is 0.348 e. The predicted molar refractivity (Wildman–Crippen MR) is 102 cm³/mol. The van der Waals surface area contributed by atoms with Crippen molar-refractivity contribution in [3.8, 4) is 0 Å². The zero-order valence-corrected chi connectivity index (χ0v) is 16.0. The van der Waals surface area contributed by atoms with Crippen LogP contribution >= 0.6 is 0 Å². The molecule has 1 unspecified atom stereocenters. The van der Waals surface area contributed by atoms with Crippen LogP contribution in [0.5, 0.6) is 0 Å². The molecule has 27 heavy (non-hydrogen) atoms. The van der Waals surface area contributed by atoms with Crippen molar-refractivity contribution < 1.29 is 18.7 Å². The molecular formula is C19H25N3O5. The van der Waals surface area contributed by atoms with Crippen LogP contribution in [0, 0.1) is 5.92 Å². The number of methoxy groups -OCH3 is 1. The van der Waals surface area contributed by atoms with Crippen LogP contribution in [0.3, 0.4) is 0 Å². The summed E-state index contributed by atoms with van der Waals surface area (Å²) in [5, 5.41) is 3.00. The molecule has 0 radical (unpaired) electrons. The van der Waals surface area contributed by atoms with Gasteiger partial charge in [0.2, 0.25) is 0 Å². The lowest BCUT2D eigenvalue weighted by Crippen LogP contribution is -2.49. The van der Waals surface area contributed by atoms with Crippen LogP contribution in [0.1, 0.15) is 33.6 Å². The summed E-state index contributed by atoms with van der Waals surface area (Å²) < 4.78 is 10.0. The zero-order valence-electron chi connectivity index (χ0n) is 16.0. The van der Waals surface area contributed by atoms with Crippen molar-refractivity contribution in [2.75, 3.05) is 18.6 Å². The minimum atomic E-state index is -0.797. The molecule has 1 aromatic heterocycles. The summed E-state index contributed by atoms with van der Waals surface area (Å²) in [6.07, 6.45) is 1.03. The Labute approximate surface area is 157 Å². The predicted octanol–water partition coefficient (Wildman–Crippen LogP) is 2.70. The van der Waals surface area contributed by atoms with Gasteiger partial charge in [-0.3, -0.25) is 0 Å². The summed E-state index contributed by atoms with van der Waals surface area (Å²) >= 11 is 0. The molecule has 2 amide bonds. The fourth-order valence-corrected chi connectivity index (χ4v) is 2.69. The highest BCUT2D eigenvalue weighted by molar-refractivity contribution is 5.93. The maximum atomic E-state index is 12.8. The van der Waals surface area contributed by atoms with Crippen LogP contribution in [0.25, 0.3) is 10.9 Å². The van der Waals surface area contributed by atoms with Crippen LogP contribution in [0.4, 0.5) is 10.8 Å². The third kappa shape index (κ3) is 5.06. The first-order chi connectivity index (χ1) is 12.9. The molecule has 0 saturated heterocycles. The molecule has 0 aliphatic rings. The molecule has 0 saturated carbocycles. The highest BCUT2D eigenvalue weighted by Crippen LogP contribution is 2.16. The number of amides is 2. The van der Waals surface area contributed by atoms with E-state index >= 15 is 0 Å². The number of hydrogen-bond donors (Lipinski definition) is 1. The number of ether oxygens (including phenoxy) is 1. The highest BCUT2D eigenvalue weighted by atomic mass is 16.5. The van der Waals surface area contributed by atoms with Crippen molar-refractivity contribution in [2.24, 2.45) is 5.92 Å². The van der Waals surface area contributed by atoms with E-state index in [0.717, 1.165) is 0 Å². The van der Waals surface area contributed by atoms with Crippen LogP contribution in [-0.2, 0) is 9.53 Å². The van der Waals surface area contributed by atoms with Crippen molar-refractivity contribution >= 4 is 28.9 Å². The van der Waals surface area contributed by atoms with E-state index in [1.54, 1.807) is 24.3 Å². The third-order valence-corrected chi connectivity index (χ3v) is 3.94. The first-order valence-electron chi connectivity index (χ1n) is 8.93.